The first-order chi connectivity index (χ1) is 20.0. The summed E-state index contributed by atoms with van der Waals surface area (Å²) >= 11 is 3.48. The Morgan fingerprint density at radius 1 is 1.15 bits per heavy atom. The van der Waals surface area contributed by atoms with E-state index in [-0.39, 0.29) is 24.8 Å². The van der Waals surface area contributed by atoms with E-state index in [0.29, 0.717) is 42.1 Å². The summed E-state index contributed by atoms with van der Waals surface area (Å²) in [6.07, 6.45) is 1.73. The van der Waals surface area contributed by atoms with Crippen LogP contribution < -0.4 is 15.6 Å². The summed E-state index contributed by atoms with van der Waals surface area (Å²) in [6, 6.07) is 22.0. The Morgan fingerprint density at radius 2 is 1.90 bits per heavy atom. The van der Waals surface area contributed by atoms with Crippen molar-refractivity contribution < 1.29 is 19.4 Å². The van der Waals surface area contributed by atoms with Gasteiger partial charge in [0.25, 0.3) is 5.91 Å². The highest BCUT2D eigenvalue weighted by molar-refractivity contribution is 9.10. The van der Waals surface area contributed by atoms with Gasteiger partial charge in [-0.1, -0.05) is 70.8 Å². The number of nitrogens with zero attached hydrogens (tertiary/aromatic N) is 4. The Hall–Kier alpha value is -3.89. The summed E-state index contributed by atoms with van der Waals surface area (Å²) in [5.41, 5.74) is 16.2. The number of benzene rings is 3. The van der Waals surface area contributed by atoms with Gasteiger partial charge in [0.2, 0.25) is 5.90 Å². The van der Waals surface area contributed by atoms with E-state index in [9.17, 15) is 10.3 Å². The van der Waals surface area contributed by atoms with Gasteiger partial charge in [-0.05, 0) is 53.9 Å². The monoisotopic (exact) mass is 620 g/mol. The van der Waals surface area contributed by atoms with Gasteiger partial charge in [-0.3, -0.25) is 10.2 Å². The normalized spacial score (nSPS) is 17.7. The number of ether oxygens (including phenoxy) is 2. The molecule has 3 aromatic carbocycles. The van der Waals surface area contributed by atoms with Crippen LogP contribution in [0, 0.1) is 0 Å². The smallest absolute Gasteiger partial charge is 0.266 e. The molecule has 41 heavy (non-hydrogen) atoms. The van der Waals surface area contributed by atoms with Gasteiger partial charge in [0, 0.05) is 52.2 Å². The number of aliphatic imine (C=N–C) groups is 1. The third kappa shape index (κ3) is 7.45. The van der Waals surface area contributed by atoms with Crippen LogP contribution in [0.2, 0.25) is 0 Å². The molecule has 0 saturated heterocycles. The quantitative estimate of drug-likeness (QED) is 0.0659. The number of halogens is 1. The number of nitrogens with one attached hydrogen (secondary N) is 2. The van der Waals surface area contributed by atoms with Crippen LogP contribution in [0.25, 0.3) is 10.4 Å². The van der Waals surface area contributed by atoms with Gasteiger partial charge in [-0.2, -0.15) is 0 Å². The molecular weight excluding hydrogens is 588 g/mol. The number of rotatable bonds is 14. The average Bonchev–Trinajstić information content (AvgIpc) is 3.37. The summed E-state index contributed by atoms with van der Waals surface area (Å²) in [5, 5.41) is 12.9. The van der Waals surface area contributed by atoms with Gasteiger partial charge in [-0.25, -0.2) is 10.4 Å². The van der Waals surface area contributed by atoms with Gasteiger partial charge >= 0.3 is 0 Å². The first-order valence-electron chi connectivity index (χ1n) is 13.5. The average molecular weight is 622 g/mol. The highest BCUT2D eigenvalue weighted by atomic mass is 79.9. The van der Waals surface area contributed by atoms with Gasteiger partial charge in [0.05, 0.1) is 6.61 Å². The van der Waals surface area contributed by atoms with E-state index in [1.54, 1.807) is 30.3 Å². The van der Waals surface area contributed by atoms with E-state index in [1.165, 1.54) is 0 Å². The predicted octanol–water partition coefficient (Wildman–Crippen LogP) is 6.07. The molecule has 1 amide bonds. The van der Waals surface area contributed by atoms with Crippen LogP contribution in [0.1, 0.15) is 49.0 Å². The molecule has 0 aromatic heterocycles. The van der Waals surface area contributed by atoms with E-state index in [1.807, 2.05) is 42.5 Å². The third-order valence-electron chi connectivity index (χ3n) is 6.65. The van der Waals surface area contributed by atoms with Gasteiger partial charge in [0.1, 0.15) is 5.75 Å². The fraction of sp³-hybridized carbons (Fsp3) is 0.333. The predicted molar refractivity (Wildman–Crippen MR) is 161 cm³/mol. The molecule has 10 nitrogen and oxygen atoms in total. The van der Waals surface area contributed by atoms with Gasteiger partial charge in [0.15, 0.2) is 11.6 Å². The van der Waals surface area contributed by atoms with Crippen molar-refractivity contribution in [3.8, 4) is 5.75 Å². The zero-order chi connectivity index (χ0) is 29.1. The van der Waals surface area contributed by atoms with Crippen molar-refractivity contribution in [2.24, 2.45) is 10.1 Å². The molecule has 1 heterocycles. The minimum absolute atomic E-state index is 0.0528. The standard InChI is InChI=1S/C30H33BrN6O4/c1-2-3-17-33-36-29(39)30(20-21-9-13-23(31)14-10-21)27(25-7-4-5-8-26(25)35-37-32)41-28(34-30)22-11-15-24(16-12-22)40-19-6-18-38/h4-5,7-16,27,33,38H,2-3,6,17-20H2,1H3,(H,36,39)/t27-,30-/m0/s1. The molecule has 0 aliphatic carbocycles. The van der Waals surface area contributed by atoms with E-state index in [2.05, 4.69) is 43.7 Å². The van der Waals surface area contributed by atoms with Crippen LogP contribution in [0.4, 0.5) is 5.69 Å². The van der Waals surface area contributed by atoms with Crippen LogP contribution >= 0.6 is 15.9 Å². The lowest BCUT2D eigenvalue weighted by Gasteiger charge is -2.31. The highest BCUT2D eigenvalue weighted by Crippen LogP contribution is 2.45. The number of hydrogen-bond donors (Lipinski definition) is 3. The number of amides is 1. The minimum Gasteiger partial charge on any atom is -0.494 e. The van der Waals surface area contributed by atoms with Crippen molar-refractivity contribution in [3.05, 3.63) is 104 Å². The second kappa shape index (κ2) is 14.7. The summed E-state index contributed by atoms with van der Waals surface area (Å²) in [5.74, 6) is 0.565. The Labute approximate surface area is 247 Å². The van der Waals surface area contributed by atoms with Crippen molar-refractivity contribution in [2.75, 3.05) is 19.8 Å². The second-order valence-electron chi connectivity index (χ2n) is 9.58. The van der Waals surface area contributed by atoms with E-state index >= 15 is 0 Å². The Bertz CT molecular complexity index is 1390. The van der Waals surface area contributed by atoms with Gasteiger partial charge in [-0.15, -0.1) is 0 Å². The SMILES string of the molecule is CCCCNNC(=O)[C@@]1(Cc2ccc(Br)cc2)N=C(c2ccc(OCCCO)cc2)O[C@H]1c1ccccc1N=[N+]=[N-]. The number of carbonyl (C=O) groups is 1. The van der Waals surface area contributed by atoms with Crippen molar-refractivity contribution in [3.63, 3.8) is 0 Å². The van der Waals surface area contributed by atoms with E-state index in [4.69, 9.17) is 19.6 Å². The number of aliphatic hydroxyl groups excluding tert-OH is 1. The molecule has 214 valence electrons. The molecule has 4 rings (SSSR count). The highest BCUT2D eigenvalue weighted by Gasteiger charge is 2.54. The summed E-state index contributed by atoms with van der Waals surface area (Å²) in [7, 11) is 0. The Morgan fingerprint density at radius 3 is 2.61 bits per heavy atom. The van der Waals surface area contributed by atoms with E-state index < -0.39 is 11.6 Å². The lowest BCUT2D eigenvalue weighted by molar-refractivity contribution is -0.130. The molecule has 1 aliphatic heterocycles. The molecule has 0 spiro atoms. The van der Waals surface area contributed by atoms with Crippen LogP contribution in [0.3, 0.4) is 0 Å². The molecule has 0 saturated carbocycles. The molecule has 0 fully saturated rings. The molecule has 2 atom stereocenters. The van der Waals surface area contributed by atoms with Crippen molar-refractivity contribution in [1.29, 1.82) is 0 Å². The van der Waals surface area contributed by atoms with Crippen LogP contribution in [0.15, 0.2) is 87.4 Å². The van der Waals surface area contributed by atoms with Crippen molar-refractivity contribution in [1.82, 2.24) is 10.9 Å². The number of carbonyl (C=O) groups excluding carboxylic acids is 1. The van der Waals surface area contributed by atoms with Crippen molar-refractivity contribution in [2.45, 2.75) is 44.2 Å². The molecule has 11 heteroatoms. The zero-order valence-corrected chi connectivity index (χ0v) is 24.4. The molecule has 3 aromatic rings. The topological polar surface area (TPSA) is 141 Å². The maximum Gasteiger partial charge on any atom is 0.266 e. The zero-order valence-electron chi connectivity index (χ0n) is 22.8. The van der Waals surface area contributed by atoms with Crippen LogP contribution in [0.5, 0.6) is 5.75 Å². The summed E-state index contributed by atoms with van der Waals surface area (Å²) in [4.78, 5) is 22.1. The summed E-state index contributed by atoms with van der Waals surface area (Å²) < 4.78 is 13.1. The number of unbranched alkanes of at least 4 members (excludes halogenated alkanes) is 1. The van der Waals surface area contributed by atoms with Gasteiger partial charge < -0.3 is 14.6 Å². The molecule has 1 aliphatic rings. The first kappa shape index (κ1) is 30.1. The lowest BCUT2D eigenvalue weighted by atomic mass is 9.81. The fourth-order valence-electron chi connectivity index (χ4n) is 4.54. The summed E-state index contributed by atoms with van der Waals surface area (Å²) in [6.45, 7) is 3.13. The second-order valence-corrected chi connectivity index (χ2v) is 10.5. The Balaban J connectivity index is 1.80. The fourth-order valence-corrected chi connectivity index (χ4v) is 4.80. The lowest BCUT2D eigenvalue weighted by Crippen LogP contribution is -2.54. The van der Waals surface area contributed by atoms with E-state index in [0.717, 1.165) is 22.9 Å². The first-order valence-corrected chi connectivity index (χ1v) is 14.3. The number of aliphatic hydroxyl groups is 1. The molecular formula is C30H33BrN6O4. The number of hydrogen-bond acceptors (Lipinski definition) is 7. The molecule has 0 bridgehead atoms. The van der Waals surface area contributed by atoms with Crippen molar-refractivity contribution >= 4 is 33.4 Å². The molecule has 0 unspecified atom stereocenters. The number of azide groups is 1. The number of hydrazine groups is 1. The molecule has 0 radical (unpaired) electrons. The van der Waals surface area contributed by atoms with Crippen LogP contribution in [-0.4, -0.2) is 42.2 Å². The molecule has 3 N–H and O–H groups in total. The largest absolute Gasteiger partial charge is 0.494 e. The maximum atomic E-state index is 14.1. The minimum atomic E-state index is -1.43. The maximum absolute atomic E-state index is 14.1. The Kier molecular flexibility index (Phi) is 10.8. The van der Waals surface area contributed by atoms with Crippen LogP contribution in [-0.2, 0) is 16.0 Å². The third-order valence-corrected chi connectivity index (χ3v) is 7.17.